The monoisotopic (exact) mass is 513 g/mol. The van der Waals surface area contributed by atoms with E-state index >= 15 is 0 Å². The van der Waals surface area contributed by atoms with Crippen molar-refractivity contribution in [1.29, 1.82) is 0 Å². The number of amides is 2. The minimum atomic E-state index is -0.714. The Morgan fingerprint density at radius 3 is 2.14 bits per heavy atom. The molecule has 0 radical (unpaired) electrons. The maximum absolute atomic E-state index is 11.8. The predicted octanol–water partition coefficient (Wildman–Crippen LogP) is 3.79. The normalized spacial score (nSPS) is 14.5. The number of hydrogen-bond acceptors (Lipinski definition) is 9. The summed E-state index contributed by atoms with van der Waals surface area (Å²) in [6.07, 6.45) is 7.19. The quantitative estimate of drug-likeness (QED) is 0.209. The first-order valence-electron chi connectivity index (χ1n) is 12.5. The van der Waals surface area contributed by atoms with Crippen molar-refractivity contribution in [1.82, 2.24) is 5.06 Å². The Hall–Kier alpha value is -2.75. The summed E-state index contributed by atoms with van der Waals surface area (Å²) in [5.74, 6) is -2.08. The fraction of sp³-hybridized carbons (Fsp3) is 0.731. The first kappa shape index (κ1) is 33.2. The summed E-state index contributed by atoms with van der Waals surface area (Å²) in [5, 5.41) is 9.45. The first-order chi connectivity index (χ1) is 16.8. The van der Waals surface area contributed by atoms with E-state index in [0.29, 0.717) is 11.5 Å². The molecule has 0 aromatic heterocycles. The number of ether oxygens (including phenoxy) is 2. The van der Waals surface area contributed by atoms with E-state index in [0.717, 1.165) is 19.3 Å². The molecule has 0 aliphatic carbocycles. The molecule has 1 aliphatic heterocycles. The van der Waals surface area contributed by atoms with Gasteiger partial charge in [-0.05, 0) is 46.0 Å². The van der Waals surface area contributed by atoms with Crippen molar-refractivity contribution in [2.75, 3.05) is 6.61 Å². The summed E-state index contributed by atoms with van der Waals surface area (Å²) in [7, 11) is 0. The first-order valence-corrected chi connectivity index (χ1v) is 12.5. The molecule has 1 heterocycles. The van der Waals surface area contributed by atoms with Gasteiger partial charge in [-0.15, -0.1) is 5.06 Å². The molecular weight excluding hydrogens is 470 g/mol. The average molecular weight is 514 g/mol. The smallest absolute Gasteiger partial charge is 0.333 e. The van der Waals surface area contributed by atoms with E-state index in [1.807, 2.05) is 39.8 Å². The summed E-state index contributed by atoms with van der Waals surface area (Å²) in [6.45, 7) is 11.0. The van der Waals surface area contributed by atoms with Crippen molar-refractivity contribution in [3.63, 3.8) is 0 Å². The van der Waals surface area contributed by atoms with Crippen LogP contribution in [0.2, 0.25) is 0 Å². The molecule has 1 saturated heterocycles. The molecule has 0 aromatic rings. The number of hydroxylamine groups is 2. The molecule has 1 N–H and O–H groups in total. The molecule has 0 saturated carbocycles. The SMILES string of the molecule is C/C=C\CCC(CC)OC(=O)CCC(=O)OC(C)(C)CCO.CC(C)CC(=O)ON1C(=O)CCC1=O. The van der Waals surface area contributed by atoms with Crippen LogP contribution in [0.25, 0.3) is 0 Å². The molecule has 0 spiro atoms. The number of aliphatic hydroxyl groups excluding tert-OH is 1. The highest BCUT2D eigenvalue weighted by Crippen LogP contribution is 2.16. The van der Waals surface area contributed by atoms with Crippen LogP contribution in [0.3, 0.4) is 0 Å². The predicted molar refractivity (Wildman–Crippen MR) is 132 cm³/mol. The van der Waals surface area contributed by atoms with Crippen LogP contribution in [0.5, 0.6) is 0 Å². The van der Waals surface area contributed by atoms with E-state index in [-0.39, 0.29) is 56.7 Å². The van der Waals surface area contributed by atoms with Gasteiger partial charge >= 0.3 is 17.9 Å². The summed E-state index contributed by atoms with van der Waals surface area (Å²) >= 11 is 0. The number of imide groups is 1. The second-order valence-electron chi connectivity index (χ2n) is 9.52. The van der Waals surface area contributed by atoms with Crippen LogP contribution in [0, 0.1) is 5.92 Å². The Balaban J connectivity index is 0.000000748. The van der Waals surface area contributed by atoms with Gasteiger partial charge in [0, 0.05) is 25.9 Å². The van der Waals surface area contributed by atoms with E-state index < -0.39 is 29.4 Å². The number of carbonyl (C=O) groups excluding carboxylic acids is 5. The molecule has 0 bridgehead atoms. The third-order valence-electron chi connectivity index (χ3n) is 5.06. The van der Waals surface area contributed by atoms with E-state index in [1.54, 1.807) is 13.8 Å². The van der Waals surface area contributed by atoms with Crippen LogP contribution >= 0.6 is 0 Å². The maximum atomic E-state index is 11.8. The van der Waals surface area contributed by atoms with Crippen molar-refractivity contribution in [3.05, 3.63) is 12.2 Å². The highest BCUT2D eigenvalue weighted by Gasteiger charge is 2.32. The molecule has 1 aliphatic rings. The largest absolute Gasteiger partial charge is 0.462 e. The van der Waals surface area contributed by atoms with E-state index in [9.17, 15) is 24.0 Å². The zero-order chi connectivity index (χ0) is 27.7. The molecule has 2 amide bonds. The van der Waals surface area contributed by atoms with Crippen LogP contribution in [0.15, 0.2) is 12.2 Å². The summed E-state index contributed by atoms with van der Waals surface area (Å²) in [4.78, 5) is 61.3. The molecule has 206 valence electrons. The second kappa shape index (κ2) is 17.6. The van der Waals surface area contributed by atoms with Gasteiger partial charge in [-0.2, -0.15) is 0 Å². The lowest BCUT2D eigenvalue weighted by molar-refractivity contribution is -0.198. The van der Waals surface area contributed by atoms with Gasteiger partial charge in [0.05, 0.1) is 19.3 Å². The van der Waals surface area contributed by atoms with Crippen LogP contribution in [-0.4, -0.2) is 58.2 Å². The second-order valence-corrected chi connectivity index (χ2v) is 9.52. The fourth-order valence-electron chi connectivity index (χ4n) is 3.05. The summed E-state index contributed by atoms with van der Waals surface area (Å²) < 4.78 is 10.6. The Morgan fingerprint density at radius 1 is 1.06 bits per heavy atom. The molecule has 1 unspecified atom stereocenters. The van der Waals surface area contributed by atoms with Crippen LogP contribution in [0.4, 0.5) is 0 Å². The fourth-order valence-corrected chi connectivity index (χ4v) is 3.05. The third kappa shape index (κ3) is 15.3. The lowest BCUT2D eigenvalue weighted by atomic mass is 10.1. The van der Waals surface area contributed by atoms with E-state index in [4.69, 9.17) is 14.6 Å². The van der Waals surface area contributed by atoms with Crippen LogP contribution in [0.1, 0.15) is 99.3 Å². The molecule has 10 nitrogen and oxygen atoms in total. The number of hydrogen-bond donors (Lipinski definition) is 1. The van der Waals surface area contributed by atoms with Crippen molar-refractivity contribution in [2.45, 2.75) is 111 Å². The Morgan fingerprint density at radius 2 is 1.64 bits per heavy atom. The van der Waals surface area contributed by atoms with Crippen LogP contribution in [-0.2, 0) is 38.3 Å². The molecular formula is C26H43NO9. The maximum Gasteiger partial charge on any atom is 0.333 e. The van der Waals surface area contributed by atoms with Gasteiger partial charge in [-0.25, -0.2) is 4.79 Å². The molecule has 10 heteroatoms. The zero-order valence-corrected chi connectivity index (χ0v) is 22.5. The van der Waals surface area contributed by atoms with Gasteiger partial charge < -0.3 is 19.4 Å². The number of nitrogens with zero attached hydrogens (tertiary/aromatic N) is 1. The van der Waals surface area contributed by atoms with Gasteiger partial charge in [-0.3, -0.25) is 19.2 Å². The summed E-state index contributed by atoms with van der Waals surface area (Å²) in [5.41, 5.74) is -0.714. The zero-order valence-electron chi connectivity index (χ0n) is 22.5. The van der Waals surface area contributed by atoms with Crippen molar-refractivity contribution in [2.24, 2.45) is 5.92 Å². The topological polar surface area (TPSA) is 137 Å². The molecule has 1 fully saturated rings. The van der Waals surface area contributed by atoms with Gasteiger partial charge in [0.2, 0.25) is 0 Å². The number of esters is 2. The number of aliphatic hydroxyl groups is 1. The molecule has 36 heavy (non-hydrogen) atoms. The average Bonchev–Trinajstić information content (AvgIpc) is 3.08. The third-order valence-corrected chi connectivity index (χ3v) is 5.06. The highest BCUT2D eigenvalue weighted by molar-refractivity contribution is 6.01. The number of carbonyl (C=O) groups is 5. The molecule has 1 rings (SSSR count). The van der Waals surface area contributed by atoms with E-state index in [1.165, 1.54) is 0 Å². The minimum Gasteiger partial charge on any atom is -0.462 e. The summed E-state index contributed by atoms with van der Waals surface area (Å²) in [6, 6.07) is 0. The van der Waals surface area contributed by atoms with E-state index in [2.05, 4.69) is 4.84 Å². The Kier molecular flexibility index (Phi) is 16.3. The lowest BCUT2D eigenvalue weighted by Gasteiger charge is -2.24. The van der Waals surface area contributed by atoms with Crippen molar-refractivity contribution >= 4 is 29.7 Å². The standard InChI is InChI=1S/C17H30O5.C9H13NO4/c1-5-7-8-9-14(6-2)21-15(19)10-11-16(20)22-17(3,4)12-13-18;1-6(2)5-9(13)14-10-7(11)3-4-8(10)12/h5,7,14,18H,6,8-13H2,1-4H3;6H,3-5H2,1-2H3/b7-5-;. The number of allylic oxidation sites excluding steroid dienone is 2. The van der Waals surface area contributed by atoms with Gasteiger partial charge in [0.1, 0.15) is 11.7 Å². The highest BCUT2D eigenvalue weighted by atomic mass is 16.7. The van der Waals surface area contributed by atoms with Gasteiger partial charge in [0.15, 0.2) is 0 Å². The molecule has 0 aromatic carbocycles. The Bertz CT molecular complexity index is 743. The van der Waals surface area contributed by atoms with Crippen LogP contribution < -0.4 is 0 Å². The molecule has 1 atom stereocenters. The van der Waals surface area contributed by atoms with Gasteiger partial charge in [0.25, 0.3) is 11.8 Å². The number of rotatable bonds is 14. The lowest BCUT2D eigenvalue weighted by Crippen LogP contribution is -2.32. The minimum absolute atomic E-state index is 0.00100. The Labute approximate surface area is 214 Å². The van der Waals surface area contributed by atoms with Crippen molar-refractivity contribution in [3.8, 4) is 0 Å². The van der Waals surface area contributed by atoms with Crippen molar-refractivity contribution < 1.29 is 43.4 Å². The van der Waals surface area contributed by atoms with Gasteiger partial charge in [-0.1, -0.05) is 32.9 Å².